The monoisotopic (exact) mass is 240 g/mol. The molecule has 1 N–H and O–H groups in total. The highest BCUT2D eigenvalue weighted by atomic mass is 15.1. The third kappa shape index (κ3) is 5.39. The van der Waals surface area contributed by atoms with Crippen LogP contribution in [0.25, 0.3) is 0 Å². The van der Waals surface area contributed by atoms with Crippen LogP contribution in [0.5, 0.6) is 0 Å². The molecule has 0 spiro atoms. The molecule has 0 aliphatic heterocycles. The summed E-state index contributed by atoms with van der Waals surface area (Å²) < 4.78 is 0. The summed E-state index contributed by atoms with van der Waals surface area (Å²) in [4.78, 5) is 2.36. The first-order chi connectivity index (χ1) is 8.00. The first-order valence-electron chi connectivity index (χ1n) is 7.40. The fraction of sp³-hybridized carbons (Fsp3) is 1.00. The Kier molecular flexibility index (Phi) is 6.50. The van der Waals surface area contributed by atoms with E-state index in [-0.39, 0.29) is 0 Å². The minimum atomic E-state index is 0.663. The summed E-state index contributed by atoms with van der Waals surface area (Å²) in [5, 5.41) is 3.80. The summed E-state index contributed by atoms with van der Waals surface area (Å²) in [6.07, 6.45) is 7.00. The number of nitrogens with zero attached hydrogens (tertiary/aromatic N) is 1. The molecule has 0 aromatic rings. The molecule has 0 amide bonds. The summed E-state index contributed by atoms with van der Waals surface area (Å²) in [6, 6.07) is 1.43. The van der Waals surface area contributed by atoms with Crippen LogP contribution < -0.4 is 5.32 Å². The minimum absolute atomic E-state index is 0.663. The van der Waals surface area contributed by atoms with Gasteiger partial charge in [0, 0.05) is 18.6 Å². The standard InChI is InChI=1S/C15H32N2/c1-12(2)15(17(4)5)11-16-14-8-6-7-13(3)9-10-14/h12-16H,6-11H2,1-5H3. The van der Waals surface area contributed by atoms with Crippen molar-refractivity contribution < 1.29 is 0 Å². The highest BCUT2D eigenvalue weighted by Gasteiger charge is 2.19. The van der Waals surface area contributed by atoms with Gasteiger partial charge in [0.25, 0.3) is 0 Å². The summed E-state index contributed by atoms with van der Waals surface area (Å²) in [5.41, 5.74) is 0. The maximum atomic E-state index is 3.80. The van der Waals surface area contributed by atoms with E-state index < -0.39 is 0 Å². The maximum Gasteiger partial charge on any atom is 0.0237 e. The Morgan fingerprint density at radius 2 is 1.82 bits per heavy atom. The van der Waals surface area contributed by atoms with Crippen LogP contribution in [0.2, 0.25) is 0 Å². The molecule has 17 heavy (non-hydrogen) atoms. The van der Waals surface area contributed by atoms with Gasteiger partial charge in [-0.05, 0) is 45.2 Å². The van der Waals surface area contributed by atoms with Crippen molar-refractivity contribution in [3.05, 3.63) is 0 Å². The molecule has 1 aliphatic carbocycles. The Balaban J connectivity index is 2.33. The Hall–Kier alpha value is -0.0800. The van der Waals surface area contributed by atoms with Gasteiger partial charge in [0.2, 0.25) is 0 Å². The second-order valence-corrected chi connectivity index (χ2v) is 6.49. The van der Waals surface area contributed by atoms with E-state index in [2.05, 4.69) is 45.1 Å². The fourth-order valence-electron chi connectivity index (χ4n) is 2.99. The summed E-state index contributed by atoms with van der Waals surface area (Å²) in [5.74, 6) is 1.67. The van der Waals surface area contributed by atoms with E-state index in [1.165, 1.54) is 32.1 Å². The van der Waals surface area contributed by atoms with Crippen molar-refractivity contribution in [1.82, 2.24) is 10.2 Å². The molecule has 2 heteroatoms. The number of hydrogen-bond acceptors (Lipinski definition) is 2. The predicted molar refractivity (Wildman–Crippen MR) is 76.4 cm³/mol. The minimum Gasteiger partial charge on any atom is -0.312 e. The van der Waals surface area contributed by atoms with Gasteiger partial charge in [0.1, 0.15) is 0 Å². The molecule has 1 fully saturated rings. The van der Waals surface area contributed by atoms with Gasteiger partial charge < -0.3 is 10.2 Å². The molecule has 0 aromatic heterocycles. The Bertz CT molecular complexity index is 193. The SMILES string of the molecule is CC1CCCC(NCC(C(C)C)N(C)C)CC1. The summed E-state index contributed by atoms with van der Waals surface area (Å²) in [7, 11) is 4.39. The lowest BCUT2D eigenvalue weighted by Crippen LogP contribution is -2.44. The Morgan fingerprint density at radius 3 is 2.41 bits per heavy atom. The van der Waals surface area contributed by atoms with Crippen molar-refractivity contribution in [2.75, 3.05) is 20.6 Å². The van der Waals surface area contributed by atoms with Crippen LogP contribution in [0.4, 0.5) is 0 Å². The molecule has 1 aliphatic rings. The first kappa shape index (κ1) is 15.0. The highest BCUT2D eigenvalue weighted by molar-refractivity contribution is 4.78. The average molecular weight is 240 g/mol. The molecule has 0 radical (unpaired) electrons. The highest BCUT2D eigenvalue weighted by Crippen LogP contribution is 2.22. The normalized spacial score (nSPS) is 28.4. The van der Waals surface area contributed by atoms with Gasteiger partial charge >= 0.3 is 0 Å². The summed E-state index contributed by atoms with van der Waals surface area (Å²) in [6.45, 7) is 8.19. The van der Waals surface area contributed by atoms with E-state index in [1.54, 1.807) is 0 Å². The first-order valence-corrected chi connectivity index (χ1v) is 7.40. The van der Waals surface area contributed by atoms with Crippen LogP contribution in [0.15, 0.2) is 0 Å². The molecule has 0 bridgehead atoms. The van der Waals surface area contributed by atoms with Crippen molar-refractivity contribution in [3.8, 4) is 0 Å². The molecule has 0 saturated heterocycles. The Labute approximate surface area is 108 Å². The average Bonchev–Trinajstić information content (AvgIpc) is 2.43. The van der Waals surface area contributed by atoms with E-state index in [1.807, 2.05) is 0 Å². The van der Waals surface area contributed by atoms with Crippen molar-refractivity contribution >= 4 is 0 Å². The third-order valence-corrected chi connectivity index (χ3v) is 4.31. The molecule has 3 unspecified atom stereocenters. The molecule has 1 rings (SSSR count). The molecule has 102 valence electrons. The van der Waals surface area contributed by atoms with Gasteiger partial charge in [-0.15, -0.1) is 0 Å². The lowest BCUT2D eigenvalue weighted by molar-refractivity contribution is 0.216. The van der Waals surface area contributed by atoms with E-state index in [0.717, 1.165) is 24.4 Å². The van der Waals surface area contributed by atoms with Crippen LogP contribution in [0.3, 0.4) is 0 Å². The molecule has 0 heterocycles. The van der Waals surface area contributed by atoms with Gasteiger partial charge in [-0.25, -0.2) is 0 Å². The second kappa shape index (κ2) is 7.38. The lowest BCUT2D eigenvalue weighted by Gasteiger charge is -2.30. The van der Waals surface area contributed by atoms with Gasteiger partial charge in [-0.3, -0.25) is 0 Å². The van der Waals surface area contributed by atoms with Gasteiger partial charge in [0.05, 0.1) is 0 Å². The fourth-order valence-corrected chi connectivity index (χ4v) is 2.99. The maximum absolute atomic E-state index is 3.80. The topological polar surface area (TPSA) is 15.3 Å². The van der Waals surface area contributed by atoms with Crippen LogP contribution in [-0.4, -0.2) is 37.6 Å². The smallest absolute Gasteiger partial charge is 0.0237 e. The van der Waals surface area contributed by atoms with Gasteiger partial charge in [0.15, 0.2) is 0 Å². The quantitative estimate of drug-likeness (QED) is 0.743. The predicted octanol–water partition coefficient (Wildman–Crippen LogP) is 3.13. The number of nitrogens with one attached hydrogen (secondary N) is 1. The second-order valence-electron chi connectivity index (χ2n) is 6.49. The number of rotatable bonds is 5. The largest absolute Gasteiger partial charge is 0.312 e. The van der Waals surface area contributed by atoms with Gasteiger partial charge in [-0.1, -0.05) is 33.6 Å². The van der Waals surface area contributed by atoms with Crippen molar-refractivity contribution in [3.63, 3.8) is 0 Å². The number of hydrogen-bond donors (Lipinski definition) is 1. The van der Waals surface area contributed by atoms with Crippen LogP contribution in [0.1, 0.15) is 52.9 Å². The lowest BCUT2D eigenvalue weighted by atomic mass is 10.0. The molecule has 1 saturated carbocycles. The Morgan fingerprint density at radius 1 is 1.12 bits per heavy atom. The third-order valence-electron chi connectivity index (χ3n) is 4.31. The van der Waals surface area contributed by atoms with Crippen molar-refractivity contribution in [1.29, 1.82) is 0 Å². The van der Waals surface area contributed by atoms with Crippen molar-refractivity contribution in [2.24, 2.45) is 11.8 Å². The molecule has 0 aromatic carbocycles. The van der Waals surface area contributed by atoms with Crippen LogP contribution in [0, 0.1) is 11.8 Å². The zero-order chi connectivity index (χ0) is 12.8. The van der Waals surface area contributed by atoms with E-state index in [0.29, 0.717) is 6.04 Å². The van der Waals surface area contributed by atoms with E-state index in [4.69, 9.17) is 0 Å². The molecule has 2 nitrogen and oxygen atoms in total. The van der Waals surface area contributed by atoms with Crippen molar-refractivity contribution in [2.45, 2.75) is 65.0 Å². The van der Waals surface area contributed by atoms with Crippen LogP contribution >= 0.6 is 0 Å². The van der Waals surface area contributed by atoms with E-state index in [9.17, 15) is 0 Å². The number of likely N-dealkylation sites (N-methyl/N-ethyl adjacent to an activating group) is 1. The molecule has 3 atom stereocenters. The van der Waals surface area contributed by atoms with Gasteiger partial charge in [-0.2, -0.15) is 0 Å². The van der Waals surface area contributed by atoms with E-state index >= 15 is 0 Å². The summed E-state index contributed by atoms with van der Waals surface area (Å²) >= 11 is 0. The molecular weight excluding hydrogens is 208 g/mol. The zero-order valence-corrected chi connectivity index (χ0v) is 12.5. The van der Waals surface area contributed by atoms with Crippen LogP contribution in [-0.2, 0) is 0 Å². The zero-order valence-electron chi connectivity index (χ0n) is 12.5. The molecular formula is C15H32N2.